The second kappa shape index (κ2) is 1.20. The molecule has 0 radical (unpaired) electrons. The maximum Gasteiger partial charge on any atom is 0.0608 e. The highest BCUT2D eigenvalue weighted by molar-refractivity contribution is 5.36. The second-order valence-corrected chi connectivity index (χ2v) is 5.60. The lowest BCUT2D eigenvalue weighted by Crippen LogP contribution is -2.61. The molecular formula is C10H12O2. The van der Waals surface area contributed by atoms with Crippen LogP contribution in [0.15, 0.2) is 0 Å². The van der Waals surface area contributed by atoms with Crippen molar-refractivity contribution in [3.8, 4) is 0 Å². The second-order valence-electron chi connectivity index (χ2n) is 5.60. The van der Waals surface area contributed by atoms with E-state index in [4.69, 9.17) is 0 Å². The molecule has 2 heteroatoms. The molecule has 4 bridgehead atoms. The van der Waals surface area contributed by atoms with Gasteiger partial charge in [0, 0.05) is 0 Å². The number of aliphatic hydroxyl groups is 2. The van der Waals surface area contributed by atoms with Gasteiger partial charge < -0.3 is 10.2 Å². The van der Waals surface area contributed by atoms with Crippen LogP contribution in [-0.4, -0.2) is 22.4 Å². The van der Waals surface area contributed by atoms with Gasteiger partial charge in [-0.2, -0.15) is 0 Å². The average molecular weight is 164 g/mol. The summed E-state index contributed by atoms with van der Waals surface area (Å²) < 4.78 is 0. The molecule has 12 heavy (non-hydrogen) atoms. The SMILES string of the molecule is O[C@H]1[C@@H]2[C@H]3[C@@H]4[C@H](O)[C@H]5[C@@H]([C@@H]14)[C@H]2[C@@H]53. The Bertz CT molecular complexity index is 268. The zero-order valence-electron chi connectivity index (χ0n) is 6.67. The molecule has 6 fully saturated rings. The van der Waals surface area contributed by atoms with Crippen molar-refractivity contribution in [3.05, 3.63) is 0 Å². The molecule has 0 unspecified atom stereocenters. The zero-order valence-corrected chi connectivity index (χ0v) is 6.67. The third kappa shape index (κ3) is 0.252. The molecule has 6 aliphatic carbocycles. The van der Waals surface area contributed by atoms with Gasteiger partial charge in [0.25, 0.3) is 0 Å². The fourth-order valence-electron chi connectivity index (χ4n) is 6.15. The molecule has 2 nitrogen and oxygen atoms in total. The molecular weight excluding hydrogens is 152 g/mol. The molecule has 0 amide bonds. The molecule has 6 aliphatic rings. The fraction of sp³-hybridized carbons (Fsp3) is 1.00. The molecule has 0 aliphatic heterocycles. The Hall–Kier alpha value is -0.0800. The van der Waals surface area contributed by atoms with E-state index in [0.717, 1.165) is 23.7 Å². The van der Waals surface area contributed by atoms with E-state index in [-0.39, 0.29) is 12.2 Å². The molecule has 0 aromatic carbocycles. The standard InChI is InChI=1S/C10H12O2/c11-9-5-1-2-4(5)8-7(9)3(1)6(2)10(8)12/h1-12H/t1-,2-,3+,4+,5-,6+,7+,8-,9-,10+/m1/s1. The smallest absolute Gasteiger partial charge is 0.0608 e. The molecule has 0 heterocycles. The summed E-state index contributed by atoms with van der Waals surface area (Å²) in [5.41, 5.74) is 0. The van der Waals surface area contributed by atoms with Crippen molar-refractivity contribution >= 4 is 0 Å². The minimum Gasteiger partial charge on any atom is -0.393 e. The van der Waals surface area contributed by atoms with E-state index < -0.39 is 0 Å². The van der Waals surface area contributed by atoms with Crippen molar-refractivity contribution in [2.45, 2.75) is 12.2 Å². The maximum absolute atomic E-state index is 9.93. The minimum atomic E-state index is -0.0200. The summed E-state index contributed by atoms with van der Waals surface area (Å²) in [5.74, 6) is 5.51. The fourth-order valence-corrected chi connectivity index (χ4v) is 6.15. The van der Waals surface area contributed by atoms with E-state index in [1.165, 1.54) is 0 Å². The van der Waals surface area contributed by atoms with E-state index >= 15 is 0 Å². The van der Waals surface area contributed by atoms with Gasteiger partial charge in [0.1, 0.15) is 0 Å². The van der Waals surface area contributed by atoms with Gasteiger partial charge in [-0.15, -0.1) is 0 Å². The molecule has 0 spiro atoms. The van der Waals surface area contributed by atoms with Crippen molar-refractivity contribution in [1.82, 2.24) is 0 Å². The Morgan fingerprint density at radius 1 is 0.417 bits per heavy atom. The minimum absolute atomic E-state index is 0.0200. The lowest BCUT2D eigenvalue weighted by Gasteiger charge is -2.63. The Morgan fingerprint density at radius 2 is 0.667 bits per heavy atom. The van der Waals surface area contributed by atoms with Crippen molar-refractivity contribution in [1.29, 1.82) is 0 Å². The summed E-state index contributed by atoms with van der Waals surface area (Å²) in [7, 11) is 0. The number of hydrogen-bond acceptors (Lipinski definition) is 2. The van der Waals surface area contributed by atoms with Crippen LogP contribution >= 0.6 is 0 Å². The predicted octanol–water partition coefficient (Wildman–Crippen LogP) is -0.294. The van der Waals surface area contributed by atoms with Crippen LogP contribution in [0.1, 0.15) is 0 Å². The van der Waals surface area contributed by atoms with Gasteiger partial charge in [-0.1, -0.05) is 0 Å². The van der Waals surface area contributed by atoms with Gasteiger partial charge in [-0.3, -0.25) is 0 Å². The number of hydrogen-bond donors (Lipinski definition) is 2. The summed E-state index contributed by atoms with van der Waals surface area (Å²) in [5, 5.41) is 19.9. The van der Waals surface area contributed by atoms with Crippen LogP contribution in [0, 0.1) is 47.3 Å². The Morgan fingerprint density at radius 3 is 1.00 bits per heavy atom. The molecule has 10 atom stereocenters. The molecule has 6 saturated carbocycles. The monoisotopic (exact) mass is 164 g/mol. The van der Waals surface area contributed by atoms with Gasteiger partial charge in [-0.05, 0) is 47.3 Å². The van der Waals surface area contributed by atoms with Gasteiger partial charge in [0.15, 0.2) is 0 Å². The Kier molecular flexibility index (Phi) is 0.561. The average Bonchev–Trinajstić information content (AvgIpc) is 2.45. The van der Waals surface area contributed by atoms with Gasteiger partial charge >= 0.3 is 0 Å². The van der Waals surface area contributed by atoms with Crippen LogP contribution in [0.5, 0.6) is 0 Å². The molecule has 0 aromatic heterocycles. The Balaban J connectivity index is 1.83. The van der Waals surface area contributed by atoms with Gasteiger partial charge in [-0.25, -0.2) is 0 Å². The van der Waals surface area contributed by atoms with E-state index in [9.17, 15) is 10.2 Å². The van der Waals surface area contributed by atoms with E-state index in [0.29, 0.717) is 23.7 Å². The molecule has 0 aromatic rings. The van der Waals surface area contributed by atoms with Crippen LogP contribution in [0.4, 0.5) is 0 Å². The molecule has 64 valence electrons. The highest BCUT2D eigenvalue weighted by Gasteiger charge is 2.89. The van der Waals surface area contributed by atoms with Crippen molar-refractivity contribution in [2.24, 2.45) is 47.3 Å². The van der Waals surface area contributed by atoms with Crippen molar-refractivity contribution < 1.29 is 10.2 Å². The van der Waals surface area contributed by atoms with E-state index in [1.54, 1.807) is 0 Å². The highest BCUT2D eigenvalue weighted by atomic mass is 16.3. The van der Waals surface area contributed by atoms with Gasteiger partial charge in [0.2, 0.25) is 0 Å². The topological polar surface area (TPSA) is 40.5 Å². The zero-order chi connectivity index (χ0) is 7.77. The summed E-state index contributed by atoms with van der Waals surface area (Å²) in [6.45, 7) is 0. The van der Waals surface area contributed by atoms with Crippen LogP contribution in [0.3, 0.4) is 0 Å². The molecule has 6 rings (SSSR count). The van der Waals surface area contributed by atoms with Crippen molar-refractivity contribution in [3.63, 3.8) is 0 Å². The highest BCUT2D eigenvalue weighted by Crippen LogP contribution is 2.88. The van der Waals surface area contributed by atoms with E-state index in [2.05, 4.69) is 0 Å². The third-order valence-electron chi connectivity index (χ3n) is 6.02. The third-order valence-corrected chi connectivity index (χ3v) is 6.02. The summed E-state index contributed by atoms with van der Waals surface area (Å²) in [6.07, 6.45) is -0.0400. The maximum atomic E-state index is 9.93. The van der Waals surface area contributed by atoms with Crippen LogP contribution < -0.4 is 0 Å². The molecule has 0 saturated heterocycles. The van der Waals surface area contributed by atoms with Crippen molar-refractivity contribution in [2.75, 3.05) is 0 Å². The largest absolute Gasteiger partial charge is 0.393 e. The summed E-state index contributed by atoms with van der Waals surface area (Å²) in [6, 6.07) is 0. The van der Waals surface area contributed by atoms with Crippen LogP contribution in [0.2, 0.25) is 0 Å². The number of aliphatic hydroxyl groups excluding tert-OH is 2. The first-order valence-electron chi connectivity index (χ1n) is 5.18. The summed E-state index contributed by atoms with van der Waals surface area (Å²) >= 11 is 0. The Labute approximate surface area is 70.6 Å². The lowest BCUT2D eigenvalue weighted by atomic mass is 9.41. The molecule has 2 N–H and O–H groups in total. The normalized spacial score (nSPS) is 90.5. The van der Waals surface area contributed by atoms with Gasteiger partial charge in [0.05, 0.1) is 12.2 Å². The first-order chi connectivity index (χ1) is 5.82. The quantitative estimate of drug-likeness (QED) is 0.516. The summed E-state index contributed by atoms with van der Waals surface area (Å²) in [4.78, 5) is 0. The van der Waals surface area contributed by atoms with E-state index in [1.807, 2.05) is 0 Å². The number of rotatable bonds is 0. The lowest BCUT2D eigenvalue weighted by molar-refractivity contribution is -0.176. The van der Waals surface area contributed by atoms with Crippen LogP contribution in [-0.2, 0) is 0 Å². The first-order valence-corrected chi connectivity index (χ1v) is 5.18. The first kappa shape index (κ1) is 5.61. The predicted molar refractivity (Wildman–Crippen MR) is 39.9 cm³/mol. The van der Waals surface area contributed by atoms with Crippen LogP contribution in [0.25, 0.3) is 0 Å².